The monoisotopic (exact) mass is 335 g/mol. The molecular formula is C13H18ClNO3S2. The Kier molecular flexibility index (Phi) is 4.12. The lowest BCUT2D eigenvalue weighted by Gasteiger charge is -2.37. The molecule has 3 heterocycles. The molecule has 20 heavy (non-hydrogen) atoms. The number of sulfone groups is 1. The van der Waals surface area contributed by atoms with Gasteiger partial charge in [-0.15, -0.1) is 11.3 Å². The average molecular weight is 336 g/mol. The molecule has 1 aromatic heterocycles. The van der Waals surface area contributed by atoms with Crippen LogP contribution in [0.5, 0.6) is 0 Å². The highest BCUT2D eigenvalue weighted by Crippen LogP contribution is 2.35. The van der Waals surface area contributed by atoms with E-state index >= 15 is 0 Å². The molecule has 0 aliphatic carbocycles. The lowest BCUT2D eigenvalue weighted by molar-refractivity contribution is -0.0705. The summed E-state index contributed by atoms with van der Waals surface area (Å²) in [5, 5.41) is 6.21. The molecule has 2 unspecified atom stereocenters. The fourth-order valence-corrected chi connectivity index (χ4v) is 6.05. The van der Waals surface area contributed by atoms with Gasteiger partial charge < -0.3 is 10.1 Å². The molecule has 2 fully saturated rings. The summed E-state index contributed by atoms with van der Waals surface area (Å²) >= 11 is 7.55. The van der Waals surface area contributed by atoms with Crippen LogP contribution in [0.3, 0.4) is 0 Å². The number of nitrogens with one attached hydrogen (secondary N) is 1. The summed E-state index contributed by atoms with van der Waals surface area (Å²) in [4.78, 5) is 1.20. The fraction of sp³-hybridized carbons (Fsp3) is 0.692. The quantitative estimate of drug-likeness (QED) is 0.920. The van der Waals surface area contributed by atoms with Crippen LogP contribution in [-0.2, 0) is 21.1 Å². The van der Waals surface area contributed by atoms with Crippen LogP contribution in [0.15, 0.2) is 11.4 Å². The van der Waals surface area contributed by atoms with Gasteiger partial charge in [-0.05, 0) is 25.3 Å². The third-order valence-corrected chi connectivity index (χ3v) is 7.11. The maximum absolute atomic E-state index is 11.7. The lowest BCUT2D eigenvalue weighted by Crippen LogP contribution is -2.47. The summed E-state index contributed by atoms with van der Waals surface area (Å²) in [6.07, 6.45) is 2.35. The van der Waals surface area contributed by atoms with Gasteiger partial charge in [-0.3, -0.25) is 0 Å². The first-order chi connectivity index (χ1) is 9.46. The highest BCUT2D eigenvalue weighted by Gasteiger charge is 2.46. The van der Waals surface area contributed by atoms with Crippen molar-refractivity contribution < 1.29 is 13.2 Å². The van der Waals surface area contributed by atoms with Gasteiger partial charge in [0, 0.05) is 29.5 Å². The second kappa shape index (κ2) is 5.57. The van der Waals surface area contributed by atoms with E-state index in [-0.39, 0.29) is 11.5 Å². The van der Waals surface area contributed by atoms with Gasteiger partial charge in [-0.25, -0.2) is 8.42 Å². The predicted octanol–water partition coefficient (Wildman–Crippen LogP) is 2.23. The number of rotatable bonds is 3. The second-order valence-electron chi connectivity index (χ2n) is 5.68. The second-order valence-corrected chi connectivity index (χ2v) is 9.29. The lowest BCUT2D eigenvalue weighted by atomic mass is 9.90. The van der Waals surface area contributed by atoms with Gasteiger partial charge in [0.2, 0.25) is 0 Å². The zero-order valence-electron chi connectivity index (χ0n) is 11.1. The summed E-state index contributed by atoms with van der Waals surface area (Å²) in [6, 6.07) is 2.28. The van der Waals surface area contributed by atoms with Gasteiger partial charge in [0.15, 0.2) is 9.84 Å². The van der Waals surface area contributed by atoms with E-state index in [1.807, 2.05) is 11.4 Å². The van der Waals surface area contributed by atoms with E-state index in [4.69, 9.17) is 16.3 Å². The van der Waals surface area contributed by atoms with Crippen molar-refractivity contribution >= 4 is 32.8 Å². The Hall–Kier alpha value is -0.140. The summed E-state index contributed by atoms with van der Waals surface area (Å²) in [6.45, 7) is 1.42. The van der Waals surface area contributed by atoms with Crippen molar-refractivity contribution in [3.8, 4) is 0 Å². The Morgan fingerprint density at radius 3 is 3.05 bits per heavy atom. The molecule has 112 valence electrons. The largest absolute Gasteiger partial charge is 0.374 e. The molecule has 0 bridgehead atoms. The fourth-order valence-electron chi connectivity index (χ4n) is 3.05. The van der Waals surface area contributed by atoms with Gasteiger partial charge in [-0.2, -0.15) is 0 Å². The SMILES string of the molecule is O=S1(=O)CCC2(CC(NCc3cc(Cl)cs3)CCO2)C1. The maximum atomic E-state index is 11.7. The number of thiophene rings is 1. The van der Waals surface area contributed by atoms with Gasteiger partial charge >= 0.3 is 0 Å². The highest BCUT2D eigenvalue weighted by molar-refractivity contribution is 7.91. The minimum absolute atomic E-state index is 0.184. The van der Waals surface area contributed by atoms with Crippen molar-refractivity contribution in [1.82, 2.24) is 5.32 Å². The third kappa shape index (κ3) is 3.36. The first-order valence-corrected chi connectivity index (χ1v) is 9.85. The van der Waals surface area contributed by atoms with Crippen LogP contribution in [0, 0.1) is 0 Å². The molecule has 0 saturated carbocycles. The zero-order valence-corrected chi connectivity index (χ0v) is 13.5. The molecule has 2 saturated heterocycles. The molecule has 1 aromatic rings. The van der Waals surface area contributed by atoms with Crippen LogP contribution in [0.1, 0.15) is 24.1 Å². The zero-order chi connectivity index (χ0) is 14.2. The molecule has 0 amide bonds. The van der Waals surface area contributed by atoms with Crippen molar-refractivity contribution in [2.45, 2.75) is 37.5 Å². The summed E-state index contributed by atoms with van der Waals surface area (Å²) in [7, 11) is -2.91. The highest BCUT2D eigenvalue weighted by atomic mass is 35.5. The Morgan fingerprint density at radius 1 is 1.55 bits per heavy atom. The molecule has 4 nitrogen and oxygen atoms in total. The molecule has 3 rings (SSSR count). The molecule has 2 aliphatic heterocycles. The number of hydrogen-bond donors (Lipinski definition) is 1. The van der Waals surface area contributed by atoms with Crippen molar-refractivity contribution in [1.29, 1.82) is 0 Å². The first-order valence-electron chi connectivity index (χ1n) is 6.77. The smallest absolute Gasteiger partial charge is 0.153 e. The van der Waals surface area contributed by atoms with Crippen LogP contribution in [0.25, 0.3) is 0 Å². The molecule has 2 aliphatic rings. The van der Waals surface area contributed by atoms with E-state index in [0.717, 1.165) is 24.4 Å². The van der Waals surface area contributed by atoms with Crippen molar-refractivity contribution in [3.05, 3.63) is 21.3 Å². The van der Waals surface area contributed by atoms with Crippen molar-refractivity contribution in [2.24, 2.45) is 0 Å². The molecule has 1 N–H and O–H groups in total. The Labute approximate surface area is 128 Å². The summed E-state index contributed by atoms with van der Waals surface area (Å²) < 4.78 is 29.2. The molecule has 0 aromatic carbocycles. The van der Waals surface area contributed by atoms with E-state index in [2.05, 4.69) is 5.32 Å². The normalized spacial score (nSPS) is 32.8. The molecule has 0 radical (unpaired) electrons. The van der Waals surface area contributed by atoms with Crippen LogP contribution >= 0.6 is 22.9 Å². The van der Waals surface area contributed by atoms with E-state index in [1.165, 1.54) is 4.88 Å². The number of ether oxygens (including phenoxy) is 1. The van der Waals surface area contributed by atoms with E-state index < -0.39 is 15.4 Å². The average Bonchev–Trinajstić information content (AvgIpc) is 2.92. The maximum Gasteiger partial charge on any atom is 0.153 e. The Morgan fingerprint density at radius 2 is 2.40 bits per heavy atom. The van der Waals surface area contributed by atoms with Crippen LogP contribution in [-0.4, -0.2) is 38.2 Å². The van der Waals surface area contributed by atoms with Crippen LogP contribution < -0.4 is 5.32 Å². The van der Waals surface area contributed by atoms with Crippen LogP contribution in [0.4, 0.5) is 0 Å². The first kappa shape index (κ1) is 14.8. The van der Waals surface area contributed by atoms with Gasteiger partial charge in [0.25, 0.3) is 0 Å². The minimum Gasteiger partial charge on any atom is -0.374 e. The van der Waals surface area contributed by atoms with E-state index in [9.17, 15) is 8.42 Å². The van der Waals surface area contributed by atoms with E-state index in [1.54, 1.807) is 11.3 Å². The van der Waals surface area contributed by atoms with Crippen molar-refractivity contribution in [3.63, 3.8) is 0 Å². The van der Waals surface area contributed by atoms with Gasteiger partial charge in [0.05, 0.1) is 22.1 Å². The van der Waals surface area contributed by atoms with E-state index in [0.29, 0.717) is 19.1 Å². The van der Waals surface area contributed by atoms with Crippen molar-refractivity contribution in [2.75, 3.05) is 18.1 Å². The Bertz CT molecular complexity index is 586. The molecule has 7 heteroatoms. The topological polar surface area (TPSA) is 55.4 Å². The van der Waals surface area contributed by atoms with Crippen LogP contribution in [0.2, 0.25) is 5.02 Å². The molecule has 2 atom stereocenters. The number of hydrogen-bond acceptors (Lipinski definition) is 5. The summed E-state index contributed by atoms with van der Waals surface area (Å²) in [5.41, 5.74) is -0.443. The third-order valence-electron chi connectivity index (χ3n) is 4.03. The predicted molar refractivity (Wildman–Crippen MR) is 81.1 cm³/mol. The standard InChI is InChI=1S/C13H18ClNO3S2/c14-10-5-12(19-8-10)7-15-11-1-3-18-13(6-11)2-4-20(16,17)9-13/h5,8,11,15H,1-4,6-7,9H2. The molecule has 1 spiro atoms. The molecular weight excluding hydrogens is 318 g/mol. The van der Waals surface area contributed by atoms with Gasteiger partial charge in [-0.1, -0.05) is 11.6 Å². The Balaban J connectivity index is 1.58. The minimum atomic E-state index is -2.91. The number of halogens is 1. The summed E-state index contributed by atoms with van der Waals surface area (Å²) in [5.74, 6) is 0.448. The van der Waals surface area contributed by atoms with Gasteiger partial charge in [0.1, 0.15) is 0 Å².